The molecule has 0 atom stereocenters. The molecule has 0 unspecified atom stereocenters. The molecule has 2 aromatic carbocycles. The molecule has 30 heavy (non-hydrogen) atoms. The lowest BCUT2D eigenvalue weighted by atomic mass is 10.1. The first kappa shape index (κ1) is 21.9. The summed E-state index contributed by atoms with van der Waals surface area (Å²) in [7, 11) is 0. The first-order chi connectivity index (χ1) is 14.3. The molecule has 2 amide bonds. The number of ether oxygens (including phenoxy) is 1. The maximum atomic E-state index is 12.7. The van der Waals surface area contributed by atoms with Gasteiger partial charge in [-0.05, 0) is 36.4 Å². The Morgan fingerprint density at radius 2 is 1.40 bits per heavy atom. The first-order valence-electron chi connectivity index (χ1n) is 9.02. The van der Waals surface area contributed by atoms with Gasteiger partial charge in [0, 0.05) is 36.6 Å². The van der Waals surface area contributed by atoms with Crippen LogP contribution in [-0.2, 0) is 0 Å². The van der Waals surface area contributed by atoms with E-state index in [1.165, 1.54) is 47.4 Å². The van der Waals surface area contributed by atoms with Gasteiger partial charge in [0.15, 0.2) is 0 Å². The summed E-state index contributed by atoms with van der Waals surface area (Å²) in [4.78, 5) is 28.7. The van der Waals surface area contributed by atoms with Gasteiger partial charge in [0.05, 0.1) is 5.56 Å². The average molecular weight is 442 g/mol. The number of para-hydroxylation sites is 1. The minimum Gasteiger partial charge on any atom is -0.434 e. The number of carbonyl (C=O) groups is 2. The molecule has 0 saturated carbocycles. The highest BCUT2D eigenvalue weighted by Gasteiger charge is 2.27. The number of rotatable bonds is 6. The molecule has 160 valence electrons. The first-order valence-corrected chi connectivity index (χ1v) is 9.90. The number of benzene rings is 2. The molecular formula is C20H18F4N2O3S. The number of nitrogens with zero attached hydrogens (tertiary/aromatic N) is 2. The van der Waals surface area contributed by atoms with E-state index >= 15 is 0 Å². The van der Waals surface area contributed by atoms with Crippen molar-refractivity contribution in [2.24, 2.45) is 0 Å². The third kappa shape index (κ3) is 5.44. The van der Waals surface area contributed by atoms with E-state index in [-0.39, 0.29) is 43.4 Å². The SMILES string of the molecule is O=C(c1ccc(SC(F)F)cc1)N1CCN(C(=O)c2ccccc2OC(F)F)CC1. The number of hydrogen-bond acceptors (Lipinski definition) is 4. The molecule has 0 N–H and O–H groups in total. The van der Waals surface area contributed by atoms with Crippen LogP contribution in [0.5, 0.6) is 5.75 Å². The van der Waals surface area contributed by atoms with Crippen LogP contribution in [0, 0.1) is 0 Å². The number of piperazine rings is 1. The quantitative estimate of drug-likeness (QED) is 0.497. The van der Waals surface area contributed by atoms with Gasteiger partial charge in [-0.3, -0.25) is 9.59 Å². The lowest BCUT2D eigenvalue weighted by Crippen LogP contribution is -2.50. The van der Waals surface area contributed by atoms with E-state index in [2.05, 4.69) is 4.74 Å². The molecule has 1 aliphatic heterocycles. The van der Waals surface area contributed by atoms with Crippen LogP contribution in [0.25, 0.3) is 0 Å². The Morgan fingerprint density at radius 1 is 0.833 bits per heavy atom. The highest BCUT2D eigenvalue weighted by molar-refractivity contribution is 7.99. The summed E-state index contributed by atoms with van der Waals surface area (Å²) in [5.74, 6) is -3.45. The van der Waals surface area contributed by atoms with Gasteiger partial charge in [-0.15, -0.1) is 0 Å². The van der Waals surface area contributed by atoms with Crippen LogP contribution in [0.2, 0.25) is 0 Å². The summed E-state index contributed by atoms with van der Waals surface area (Å²) in [5.41, 5.74) is 0.397. The summed E-state index contributed by atoms with van der Waals surface area (Å²) < 4.78 is 54.3. The number of halogens is 4. The maximum Gasteiger partial charge on any atom is 0.387 e. The van der Waals surface area contributed by atoms with Crippen molar-refractivity contribution in [2.75, 3.05) is 26.2 Å². The van der Waals surface area contributed by atoms with Crippen LogP contribution in [0.3, 0.4) is 0 Å². The molecule has 1 fully saturated rings. The third-order valence-electron chi connectivity index (χ3n) is 4.51. The van der Waals surface area contributed by atoms with Crippen LogP contribution in [0.4, 0.5) is 17.6 Å². The minimum atomic E-state index is -3.04. The van der Waals surface area contributed by atoms with Crippen LogP contribution in [0.1, 0.15) is 20.7 Å². The van der Waals surface area contributed by atoms with Crippen molar-refractivity contribution >= 4 is 23.6 Å². The van der Waals surface area contributed by atoms with Gasteiger partial charge < -0.3 is 14.5 Å². The van der Waals surface area contributed by atoms with Crippen molar-refractivity contribution in [3.8, 4) is 5.75 Å². The number of alkyl halides is 4. The molecule has 3 rings (SSSR count). The summed E-state index contributed by atoms with van der Waals surface area (Å²) in [6.45, 7) is -2.06. The fourth-order valence-corrected chi connectivity index (χ4v) is 3.59. The number of hydrogen-bond donors (Lipinski definition) is 0. The van der Waals surface area contributed by atoms with Crippen molar-refractivity contribution in [2.45, 2.75) is 17.3 Å². The Hall–Kier alpha value is -2.75. The van der Waals surface area contributed by atoms with E-state index in [4.69, 9.17) is 0 Å². The largest absolute Gasteiger partial charge is 0.434 e. The van der Waals surface area contributed by atoms with Crippen molar-refractivity contribution < 1.29 is 31.9 Å². The molecule has 2 aromatic rings. The smallest absolute Gasteiger partial charge is 0.387 e. The topological polar surface area (TPSA) is 49.9 Å². The molecule has 5 nitrogen and oxygen atoms in total. The predicted octanol–water partition coefficient (Wildman–Crippen LogP) is 4.20. The zero-order chi connectivity index (χ0) is 21.7. The Labute approximate surface area is 174 Å². The van der Waals surface area contributed by atoms with Crippen LogP contribution in [-0.4, -0.2) is 60.2 Å². The Morgan fingerprint density at radius 3 is 1.97 bits per heavy atom. The Kier molecular flexibility index (Phi) is 7.20. The maximum absolute atomic E-state index is 12.7. The zero-order valence-electron chi connectivity index (χ0n) is 15.6. The molecule has 0 radical (unpaired) electrons. The van der Waals surface area contributed by atoms with Crippen LogP contribution >= 0.6 is 11.8 Å². The Balaban J connectivity index is 1.61. The minimum absolute atomic E-state index is 0.0321. The second kappa shape index (κ2) is 9.84. The highest BCUT2D eigenvalue weighted by Crippen LogP contribution is 2.26. The lowest BCUT2D eigenvalue weighted by Gasteiger charge is -2.35. The Bertz CT molecular complexity index is 888. The molecule has 0 aliphatic carbocycles. The van der Waals surface area contributed by atoms with Crippen molar-refractivity contribution in [1.29, 1.82) is 0 Å². The summed E-state index contributed by atoms with van der Waals surface area (Å²) in [6.07, 6.45) is 0. The van der Waals surface area contributed by atoms with Gasteiger partial charge in [0.2, 0.25) is 0 Å². The fourth-order valence-electron chi connectivity index (χ4n) is 3.09. The summed E-state index contributed by atoms with van der Waals surface area (Å²) >= 11 is 0.401. The van der Waals surface area contributed by atoms with Gasteiger partial charge in [-0.1, -0.05) is 23.9 Å². The van der Waals surface area contributed by atoms with Gasteiger partial charge >= 0.3 is 6.61 Å². The summed E-state index contributed by atoms with van der Waals surface area (Å²) in [6, 6.07) is 11.7. The summed E-state index contributed by atoms with van der Waals surface area (Å²) in [5, 5.41) is 0. The standard InChI is InChI=1S/C20H18F4N2O3S/c21-19(22)29-16-4-2-1-3-15(16)18(28)26-11-9-25(10-12-26)17(27)13-5-7-14(8-6-13)30-20(23)24/h1-8,19-20H,9-12H2. The van der Waals surface area contributed by atoms with E-state index in [9.17, 15) is 27.2 Å². The molecule has 0 aromatic heterocycles. The van der Waals surface area contributed by atoms with E-state index < -0.39 is 18.3 Å². The third-order valence-corrected chi connectivity index (χ3v) is 5.24. The van der Waals surface area contributed by atoms with Gasteiger partial charge in [-0.2, -0.15) is 17.6 Å². The lowest BCUT2D eigenvalue weighted by molar-refractivity contribution is -0.0503. The van der Waals surface area contributed by atoms with Crippen molar-refractivity contribution in [1.82, 2.24) is 9.80 Å². The molecule has 0 bridgehead atoms. The van der Waals surface area contributed by atoms with Crippen molar-refractivity contribution in [3.05, 3.63) is 59.7 Å². The van der Waals surface area contributed by atoms with E-state index in [1.54, 1.807) is 11.0 Å². The van der Waals surface area contributed by atoms with Crippen LogP contribution < -0.4 is 4.74 Å². The van der Waals surface area contributed by atoms with E-state index in [0.29, 0.717) is 22.2 Å². The molecule has 1 saturated heterocycles. The number of amides is 2. The highest BCUT2D eigenvalue weighted by atomic mass is 32.2. The van der Waals surface area contributed by atoms with Gasteiger partial charge in [0.1, 0.15) is 5.75 Å². The molecular weight excluding hydrogens is 424 g/mol. The predicted molar refractivity (Wildman–Crippen MR) is 103 cm³/mol. The number of thioether (sulfide) groups is 1. The van der Waals surface area contributed by atoms with Gasteiger partial charge in [0.25, 0.3) is 17.6 Å². The monoisotopic (exact) mass is 442 g/mol. The molecule has 1 aliphatic rings. The van der Waals surface area contributed by atoms with E-state index in [1.807, 2.05) is 0 Å². The second-order valence-electron chi connectivity index (χ2n) is 6.36. The molecule has 10 heteroatoms. The fraction of sp³-hybridized carbons (Fsp3) is 0.300. The zero-order valence-corrected chi connectivity index (χ0v) is 16.5. The van der Waals surface area contributed by atoms with Crippen molar-refractivity contribution in [3.63, 3.8) is 0 Å². The average Bonchev–Trinajstić information content (AvgIpc) is 2.73. The second-order valence-corrected chi connectivity index (χ2v) is 7.43. The van der Waals surface area contributed by atoms with Crippen LogP contribution in [0.15, 0.2) is 53.4 Å². The van der Waals surface area contributed by atoms with E-state index in [0.717, 1.165) is 0 Å². The normalized spacial score (nSPS) is 14.3. The molecule has 0 spiro atoms. The molecule has 1 heterocycles. The van der Waals surface area contributed by atoms with Gasteiger partial charge in [-0.25, -0.2) is 0 Å². The number of carbonyl (C=O) groups excluding carboxylic acids is 2.